The minimum absolute atomic E-state index is 0.0104. The minimum Gasteiger partial charge on any atom is -0.481 e. The first-order chi connectivity index (χ1) is 11.0. The van der Waals surface area contributed by atoms with Gasteiger partial charge in [0.05, 0.1) is 5.41 Å². The van der Waals surface area contributed by atoms with Gasteiger partial charge in [0.1, 0.15) is 6.33 Å². The first-order valence-corrected chi connectivity index (χ1v) is 7.48. The summed E-state index contributed by atoms with van der Waals surface area (Å²) in [5.41, 5.74) is 0.570. The van der Waals surface area contributed by atoms with E-state index in [0.717, 1.165) is 12.0 Å². The van der Waals surface area contributed by atoms with E-state index in [4.69, 9.17) is 0 Å². The summed E-state index contributed by atoms with van der Waals surface area (Å²) >= 11 is 0. The van der Waals surface area contributed by atoms with Crippen molar-refractivity contribution in [3.8, 4) is 11.4 Å². The Morgan fingerprint density at radius 1 is 1.39 bits per heavy atom. The number of hydrogen-bond acceptors (Lipinski definition) is 4. The van der Waals surface area contributed by atoms with Crippen LogP contribution in [0, 0.1) is 5.41 Å². The summed E-state index contributed by atoms with van der Waals surface area (Å²) in [6, 6.07) is 7.27. The van der Waals surface area contributed by atoms with Crippen LogP contribution in [0.25, 0.3) is 11.4 Å². The van der Waals surface area contributed by atoms with E-state index in [1.807, 2.05) is 19.2 Å². The van der Waals surface area contributed by atoms with Gasteiger partial charge < -0.3 is 15.0 Å². The molecule has 7 nitrogen and oxygen atoms in total. The fraction of sp³-hybridized carbons (Fsp3) is 0.375. The van der Waals surface area contributed by atoms with Crippen molar-refractivity contribution in [2.75, 3.05) is 5.32 Å². The molecule has 0 bridgehead atoms. The lowest BCUT2D eigenvalue weighted by atomic mass is 9.66. The number of nitrogens with one attached hydrogen (secondary N) is 1. The zero-order chi connectivity index (χ0) is 16.4. The second-order valence-corrected chi connectivity index (χ2v) is 6.01. The number of rotatable bonds is 5. The summed E-state index contributed by atoms with van der Waals surface area (Å²) in [6.07, 6.45) is 3.61. The first kappa shape index (κ1) is 15.2. The van der Waals surface area contributed by atoms with Crippen LogP contribution in [0.3, 0.4) is 0 Å². The molecule has 23 heavy (non-hydrogen) atoms. The molecule has 0 spiro atoms. The Morgan fingerprint density at radius 2 is 2.17 bits per heavy atom. The quantitative estimate of drug-likeness (QED) is 0.880. The number of amides is 1. The third-order valence-electron chi connectivity index (χ3n) is 4.38. The van der Waals surface area contributed by atoms with Gasteiger partial charge in [-0.1, -0.05) is 18.6 Å². The smallest absolute Gasteiger partial charge is 0.310 e. The zero-order valence-corrected chi connectivity index (χ0v) is 12.8. The van der Waals surface area contributed by atoms with Crippen LogP contribution in [0.15, 0.2) is 30.6 Å². The lowest BCUT2D eigenvalue weighted by molar-refractivity contribution is -0.157. The summed E-state index contributed by atoms with van der Waals surface area (Å²) < 4.78 is 1.79. The average molecular weight is 314 g/mol. The molecule has 1 amide bonds. The van der Waals surface area contributed by atoms with Gasteiger partial charge in [-0.3, -0.25) is 9.59 Å². The van der Waals surface area contributed by atoms with Crippen molar-refractivity contribution in [2.24, 2.45) is 12.5 Å². The maximum Gasteiger partial charge on any atom is 0.310 e. The molecule has 1 heterocycles. The van der Waals surface area contributed by atoms with E-state index < -0.39 is 11.4 Å². The molecule has 1 aliphatic carbocycles. The van der Waals surface area contributed by atoms with E-state index in [2.05, 4.69) is 15.5 Å². The van der Waals surface area contributed by atoms with Crippen molar-refractivity contribution in [2.45, 2.75) is 25.7 Å². The number of anilines is 1. The molecule has 7 heteroatoms. The topological polar surface area (TPSA) is 97.1 Å². The highest BCUT2D eigenvalue weighted by molar-refractivity contribution is 5.95. The molecule has 2 aromatic rings. The lowest BCUT2D eigenvalue weighted by Gasteiger charge is -2.36. The van der Waals surface area contributed by atoms with Crippen LogP contribution in [0.1, 0.15) is 25.7 Å². The largest absolute Gasteiger partial charge is 0.481 e. The van der Waals surface area contributed by atoms with Gasteiger partial charge in [-0.25, -0.2) is 0 Å². The van der Waals surface area contributed by atoms with Crippen LogP contribution in [0.4, 0.5) is 5.69 Å². The Labute approximate surface area is 133 Å². The number of carboxylic acid groups (broad SMARTS) is 1. The summed E-state index contributed by atoms with van der Waals surface area (Å²) in [4.78, 5) is 23.5. The molecule has 120 valence electrons. The predicted octanol–water partition coefficient (Wildman–Crippen LogP) is 2.07. The summed E-state index contributed by atoms with van der Waals surface area (Å²) in [7, 11) is 1.84. The molecule has 0 aliphatic heterocycles. The highest BCUT2D eigenvalue weighted by Crippen LogP contribution is 2.44. The van der Waals surface area contributed by atoms with E-state index in [9.17, 15) is 14.7 Å². The van der Waals surface area contributed by atoms with Crippen molar-refractivity contribution >= 4 is 17.6 Å². The Bertz CT molecular complexity index is 749. The van der Waals surface area contributed by atoms with Crippen molar-refractivity contribution < 1.29 is 14.7 Å². The summed E-state index contributed by atoms with van der Waals surface area (Å²) in [6.45, 7) is 0. The molecule has 2 N–H and O–H groups in total. The minimum atomic E-state index is -0.884. The van der Waals surface area contributed by atoms with Crippen LogP contribution in [0.5, 0.6) is 0 Å². The second kappa shape index (κ2) is 5.83. The number of carboxylic acids is 1. The lowest BCUT2D eigenvalue weighted by Crippen LogP contribution is -2.41. The van der Waals surface area contributed by atoms with Gasteiger partial charge in [-0.05, 0) is 25.0 Å². The van der Waals surface area contributed by atoms with E-state index in [0.29, 0.717) is 24.4 Å². The van der Waals surface area contributed by atoms with Crippen LogP contribution < -0.4 is 5.32 Å². The number of benzene rings is 1. The monoisotopic (exact) mass is 314 g/mol. The third-order valence-corrected chi connectivity index (χ3v) is 4.38. The highest BCUT2D eigenvalue weighted by Gasteiger charge is 2.45. The standard InChI is InChI=1S/C16H18N4O3/c1-20-10-17-19-14(20)11-4-2-5-12(8-11)18-13(21)9-16(15(22)23)6-3-7-16/h2,4-5,8,10H,3,6-7,9H2,1H3,(H,18,21)(H,22,23). The Balaban J connectivity index is 1.72. The van der Waals surface area contributed by atoms with Gasteiger partial charge in [0.25, 0.3) is 0 Å². The fourth-order valence-corrected chi connectivity index (χ4v) is 2.86. The van der Waals surface area contributed by atoms with Crippen molar-refractivity contribution in [3.63, 3.8) is 0 Å². The molecule has 3 rings (SSSR count). The summed E-state index contributed by atoms with van der Waals surface area (Å²) in [5.74, 6) is -0.462. The van der Waals surface area contributed by atoms with Crippen molar-refractivity contribution in [1.29, 1.82) is 0 Å². The number of carbonyl (C=O) groups is 2. The Morgan fingerprint density at radius 3 is 2.74 bits per heavy atom. The normalized spacial score (nSPS) is 15.7. The Kier molecular flexibility index (Phi) is 3.85. The SMILES string of the molecule is Cn1cnnc1-c1cccc(NC(=O)CC2(C(=O)O)CCC2)c1. The van der Waals surface area contributed by atoms with Gasteiger partial charge in [0, 0.05) is 24.7 Å². The van der Waals surface area contributed by atoms with Gasteiger partial charge in [-0.15, -0.1) is 10.2 Å². The highest BCUT2D eigenvalue weighted by atomic mass is 16.4. The first-order valence-electron chi connectivity index (χ1n) is 7.48. The third kappa shape index (κ3) is 2.94. The van der Waals surface area contributed by atoms with Crippen molar-refractivity contribution in [3.05, 3.63) is 30.6 Å². The molecular formula is C16H18N4O3. The molecule has 0 saturated heterocycles. The maximum atomic E-state index is 12.2. The molecule has 0 atom stereocenters. The Hall–Kier alpha value is -2.70. The zero-order valence-electron chi connectivity index (χ0n) is 12.8. The van der Waals surface area contributed by atoms with Crippen LogP contribution in [0.2, 0.25) is 0 Å². The van der Waals surface area contributed by atoms with Crippen LogP contribution in [-0.4, -0.2) is 31.7 Å². The molecule has 0 radical (unpaired) electrons. The average Bonchev–Trinajstić information content (AvgIpc) is 2.89. The fourth-order valence-electron chi connectivity index (χ4n) is 2.86. The molecule has 1 aromatic carbocycles. The second-order valence-electron chi connectivity index (χ2n) is 6.01. The molecule has 1 fully saturated rings. The van der Waals surface area contributed by atoms with E-state index in [-0.39, 0.29) is 12.3 Å². The van der Waals surface area contributed by atoms with Gasteiger partial charge >= 0.3 is 5.97 Å². The number of aromatic nitrogens is 3. The molecular weight excluding hydrogens is 296 g/mol. The molecule has 0 unspecified atom stereocenters. The molecule has 1 aliphatic rings. The maximum absolute atomic E-state index is 12.2. The number of carbonyl (C=O) groups excluding carboxylic acids is 1. The van der Waals surface area contributed by atoms with Crippen molar-refractivity contribution in [1.82, 2.24) is 14.8 Å². The van der Waals surface area contributed by atoms with Gasteiger partial charge in [0.2, 0.25) is 5.91 Å². The summed E-state index contributed by atoms with van der Waals surface area (Å²) in [5, 5.41) is 20.0. The van der Waals surface area contributed by atoms with Crippen LogP contribution in [-0.2, 0) is 16.6 Å². The van der Waals surface area contributed by atoms with E-state index >= 15 is 0 Å². The number of hydrogen-bond donors (Lipinski definition) is 2. The molecule has 1 saturated carbocycles. The number of aliphatic carboxylic acids is 1. The van der Waals surface area contributed by atoms with Gasteiger partial charge in [0.15, 0.2) is 5.82 Å². The molecule has 1 aromatic heterocycles. The van der Waals surface area contributed by atoms with Gasteiger partial charge in [-0.2, -0.15) is 0 Å². The number of aryl methyl sites for hydroxylation is 1. The van der Waals surface area contributed by atoms with Crippen LogP contribution >= 0.6 is 0 Å². The number of nitrogens with zero attached hydrogens (tertiary/aromatic N) is 3. The van der Waals surface area contributed by atoms with E-state index in [1.165, 1.54) is 0 Å². The van der Waals surface area contributed by atoms with E-state index in [1.54, 1.807) is 23.0 Å². The predicted molar refractivity (Wildman–Crippen MR) is 83.6 cm³/mol.